The fourth-order valence-electron chi connectivity index (χ4n) is 2.15. The zero-order valence-electron chi connectivity index (χ0n) is 13.8. The summed E-state index contributed by atoms with van der Waals surface area (Å²) < 4.78 is 25.2. The van der Waals surface area contributed by atoms with Crippen molar-refractivity contribution in [3.63, 3.8) is 0 Å². The molecule has 25 heavy (non-hydrogen) atoms. The number of rotatable bonds is 7. The molecule has 0 aliphatic rings. The Labute approximate surface area is 151 Å². The summed E-state index contributed by atoms with van der Waals surface area (Å²) in [4.78, 5) is 10.6. The number of nitro groups is 1. The fraction of sp³-hybridized carbons (Fsp3) is 0.250. The summed E-state index contributed by atoms with van der Waals surface area (Å²) in [6.07, 6.45) is 0. The highest BCUT2D eigenvalue weighted by molar-refractivity contribution is 7.89. The van der Waals surface area contributed by atoms with Crippen LogP contribution in [-0.4, -0.2) is 31.7 Å². The molecule has 0 aromatic heterocycles. The molecule has 0 fully saturated rings. The summed E-state index contributed by atoms with van der Waals surface area (Å²) >= 11 is 5.78. The Morgan fingerprint density at radius 1 is 1.08 bits per heavy atom. The van der Waals surface area contributed by atoms with E-state index in [0.29, 0.717) is 13.1 Å². The van der Waals surface area contributed by atoms with Crippen LogP contribution < -0.4 is 5.32 Å². The molecule has 2 aromatic rings. The van der Waals surface area contributed by atoms with E-state index in [1.807, 2.05) is 0 Å². The number of halogens is 1. The number of nitro benzene ring substituents is 1. The van der Waals surface area contributed by atoms with Crippen molar-refractivity contribution in [1.29, 1.82) is 0 Å². The van der Waals surface area contributed by atoms with E-state index in [2.05, 4.69) is 5.32 Å². The molecule has 7 nitrogen and oxygen atoms in total. The molecule has 2 aromatic carbocycles. The summed E-state index contributed by atoms with van der Waals surface area (Å²) in [6.45, 7) is 0.925. The Bertz CT molecular complexity index is 867. The van der Waals surface area contributed by atoms with Crippen LogP contribution in [0.2, 0.25) is 5.02 Å². The molecule has 1 N–H and O–H groups in total. The highest BCUT2D eigenvalue weighted by Gasteiger charge is 2.16. The lowest BCUT2D eigenvalue weighted by Crippen LogP contribution is -2.22. The van der Waals surface area contributed by atoms with E-state index >= 15 is 0 Å². The van der Waals surface area contributed by atoms with Crippen molar-refractivity contribution in [2.45, 2.75) is 18.0 Å². The average Bonchev–Trinajstić information content (AvgIpc) is 2.56. The third kappa shape index (κ3) is 4.76. The van der Waals surface area contributed by atoms with Crippen LogP contribution in [0.1, 0.15) is 11.1 Å². The van der Waals surface area contributed by atoms with Gasteiger partial charge < -0.3 is 5.32 Å². The smallest absolute Gasteiger partial charge is 0.288 e. The summed E-state index contributed by atoms with van der Waals surface area (Å²) in [5, 5.41) is 14.1. The van der Waals surface area contributed by atoms with Gasteiger partial charge in [0.05, 0.1) is 9.82 Å². The zero-order chi connectivity index (χ0) is 18.6. The van der Waals surface area contributed by atoms with E-state index in [0.717, 1.165) is 15.4 Å². The van der Waals surface area contributed by atoms with Crippen LogP contribution >= 0.6 is 11.6 Å². The maximum Gasteiger partial charge on any atom is 0.288 e. The topological polar surface area (TPSA) is 92.6 Å². The first kappa shape index (κ1) is 19.3. The van der Waals surface area contributed by atoms with Gasteiger partial charge in [0.2, 0.25) is 10.0 Å². The van der Waals surface area contributed by atoms with Crippen LogP contribution in [0.25, 0.3) is 0 Å². The quantitative estimate of drug-likeness (QED) is 0.586. The number of benzene rings is 2. The predicted octanol–water partition coefficient (Wildman–Crippen LogP) is 2.79. The number of nitrogens with one attached hydrogen (secondary N) is 1. The summed E-state index contributed by atoms with van der Waals surface area (Å²) in [7, 11) is -0.473. The van der Waals surface area contributed by atoms with Crippen molar-refractivity contribution in [3.05, 3.63) is 68.7 Å². The molecule has 0 atom stereocenters. The molecular formula is C16H18ClN3O4S. The molecule has 0 amide bonds. The van der Waals surface area contributed by atoms with Gasteiger partial charge in [-0.05, 0) is 29.3 Å². The van der Waals surface area contributed by atoms with E-state index in [4.69, 9.17) is 11.6 Å². The van der Waals surface area contributed by atoms with Gasteiger partial charge in [0.25, 0.3) is 5.69 Å². The van der Waals surface area contributed by atoms with Gasteiger partial charge in [-0.1, -0.05) is 29.8 Å². The molecule has 0 aliphatic heterocycles. The zero-order valence-corrected chi connectivity index (χ0v) is 15.3. The SMILES string of the molecule is CN(C)S(=O)(=O)c1ccc(CNCc2ccc(Cl)c([N+](=O)[O-])c2)cc1. The maximum absolute atomic E-state index is 12.0. The molecular weight excluding hydrogens is 366 g/mol. The first-order chi connectivity index (χ1) is 11.7. The van der Waals surface area contributed by atoms with E-state index in [1.165, 1.54) is 26.2 Å². The van der Waals surface area contributed by atoms with Crippen LogP contribution in [0.5, 0.6) is 0 Å². The summed E-state index contributed by atoms with van der Waals surface area (Å²) in [6, 6.07) is 11.2. The van der Waals surface area contributed by atoms with Gasteiger partial charge in [-0.15, -0.1) is 0 Å². The van der Waals surface area contributed by atoms with Crippen LogP contribution in [0, 0.1) is 10.1 Å². The van der Waals surface area contributed by atoms with Gasteiger partial charge in [0.1, 0.15) is 5.02 Å². The van der Waals surface area contributed by atoms with Gasteiger partial charge in [-0.3, -0.25) is 10.1 Å². The molecule has 0 bridgehead atoms. The molecule has 0 saturated heterocycles. The molecule has 134 valence electrons. The Morgan fingerprint density at radius 2 is 1.64 bits per heavy atom. The monoisotopic (exact) mass is 383 g/mol. The third-order valence-electron chi connectivity index (χ3n) is 3.57. The molecule has 0 spiro atoms. The van der Waals surface area contributed by atoms with E-state index < -0.39 is 14.9 Å². The van der Waals surface area contributed by atoms with Crippen molar-refractivity contribution in [2.24, 2.45) is 0 Å². The van der Waals surface area contributed by atoms with Crippen molar-refractivity contribution < 1.29 is 13.3 Å². The highest BCUT2D eigenvalue weighted by atomic mass is 35.5. The Kier molecular flexibility index (Phi) is 6.12. The molecule has 0 unspecified atom stereocenters. The van der Waals surface area contributed by atoms with Crippen molar-refractivity contribution in [3.8, 4) is 0 Å². The first-order valence-corrected chi connectivity index (χ1v) is 9.18. The van der Waals surface area contributed by atoms with Crippen LogP contribution in [0.3, 0.4) is 0 Å². The summed E-state index contributed by atoms with van der Waals surface area (Å²) in [5.74, 6) is 0. The minimum Gasteiger partial charge on any atom is -0.309 e. The number of hydrogen-bond donors (Lipinski definition) is 1. The summed E-state index contributed by atoms with van der Waals surface area (Å²) in [5.41, 5.74) is 1.52. The van der Waals surface area contributed by atoms with Gasteiger partial charge in [0, 0.05) is 33.3 Å². The van der Waals surface area contributed by atoms with E-state index in [-0.39, 0.29) is 15.6 Å². The number of nitrogens with zero attached hydrogens (tertiary/aromatic N) is 2. The fourth-order valence-corrected chi connectivity index (χ4v) is 3.24. The lowest BCUT2D eigenvalue weighted by molar-refractivity contribution is -0.384. The Balaban J connectivity index is 1.99. The van der Waals surface area contributed by atoms with Crippen LogP contribution in [0.15, 0.2) is 47.4 Å². The molecule has 0 aliphatic carbocycles. The second kappa shape index (κ2) is 7.92. The van der Waals surface area contributed by atoms with Crippen LogP contribution in [-0.2, 0) is 23.1 Å². The molecule has 0 radical (unpaired) electrons. The largest absolute Gasteiger partial charge is 0.309 e. The van der Waals surface area contributed by atoms with Crippen molar-refractivity contribution in [2.75, 3.05) is 14.1 Å². The van der Waals surface area contributed by atoms with E-state index in [9.17, 15) is 18.5 Å². The van der Waals surface area contributed by atoms with Crippen molar-refractivity contribution >= 4 is 27.3 Å². The Hall–Kier alpha value is -2.00. The standard InChI is InChI=1S/C16H18ClN3O4S/c1-19(2)25(23,24)14-6-3-12(4-7-14)10-18-11-13-5-8-15(17)16(9-13)20(21)22/h3-9,18H,10-11H2,1-2H3. The van der Waals surface area contributed by atoms with E-state index in [1.54, 1.807) is 30.3 Å². The van der Waals surface area contributed by atoms with Crippen LogP contribution in [0.4, 0.5) is 5.69 Å². The van der Waals surface area contributed by atoms with Gasteiger partial charge in [-0.2, -0.15) is 0 Å². The van der Waals surface area contributed by atoms with Gasteiger partial charge in [0.15, 0.2) is 0 Å². The number of sulfonamides is 1. The first-order valence-electron chi connectivity index (χ1n) is 7.37. The molecule has 2 rings (SSSR count). The van der Waals surface area contributed by atoms with Gasteiger partial charge in [-0.25, -0.2) is 12.7 Å². The normalized spacial score (nSPS) is 11.7. The second-order valence-corrected chi connectivity index (χ2v) is 8.14. The van der Waals surface area contributed by atoms with Gasteiger partial charge >= 0.3 is 0 Å². The minimum absolute atomic E-state index is 0.103. The third-order valence-corrected chi connectivity index (χ3v) is 5.72. The lowest BCUT2D eigenvalue weighted by atomic mass is 10.2. The lowest BCUT2D eigenvalue weighted by Gasteiger charge is -2.12. The molecule has 0 heterocycles. The Morgan fingerprint density at radius 3 is 2.20 bits per heavy atom. The highest BCUT2D eigenvalue weighted by Crippen LogP contribution is 2.25. The van der Waals surface area contributed by atoms with Crippen molar-refractivity contribution in [1.82, 2.24) is 9.62 Å². The molecule has 9 heteroatoms. The minimum atomic E-state index is -3.44. The average molecular weight is 384 g/mol. The predicted molar refractivity (Wildman–Crippen MR) is 96.0 cm³/mol. The maximum atomic E-state index is 12.0. The second-order valence-electron chi connectivity index (χ2n) is 5.58. The number of hydrogen-bond acceptors (Lipinski definition) is 5. The molecule has 0 saturated carbocycles.